The third-order valence-corrected chi connectivity index (χ3v) is 5.84. The number of hydrogen-bond donors (Lipinski definition) is 0. The Morgan fingerprint density at radius 3 is 2.52 bits per heavy atom. The van der Waals surface area contributed by atoms with E-state index in [1.807, 2.05) is 32.4 Å². The second-order valence-electron chi connectivity index (χ2n) is 7.76. The summed E-state index contributed by atoms with van der Waals surface area (Å²) in [5, 5.41) is 5.89. The molecule has 1 unspecified atom stereocenters. The first-order valence-electron chi connectivity index (χ1n) is 8.79. The summed E-state index contributed by atoms with van der Waals surface area (Å²) in [4.78, 5) is 4.50. The second kappa shape index (κ2) is 5.94. The van der Waals surface area contributed by atoms with E-state index in [1.165, 1.54) is 0 Å². The van der Waals surface area contributed by atoms with Crippen LogP contribution in [0.1, 0.15) is 53.2 Å². The number of rotatable bonds is 2. The first-order chi connectivity index (χ1) is 11.8. The van der Waals surface area contributed by atoms with Gasteiger partial charge in [0, 0.05) is 23.7 Å². The van der Waals surface area contributed by atoms with E-state index in [9.17, 15) is 0 Å². The van der Waals surface area contributed by atoms with E-state index in [-0.39, 0.29) is 6.23 Å². The average Bonchev–Trinajstić information content (AvgIpc) is 3.06. The summed E-state index contributed by atoms with van der Waals surface area (Å²) < 4.78 is 20.1. The Balaban J connectivity index is 1.77. The Hall–Kier alpha value is -1.15. The van der Waals surface area contributed by atoms with Crippen LogP contribution >= 0.6 is 11.6 Å². The van der Waals surface area contributed by atoms with E-state index in [0.717, 1.165) is 42.4 Å². The fraction of sp³-hybridized carbons (Fsp3) is 0.647. The van der Waals surface area contributed by atoms with Crippen LogP contribution in [0.5, 0.6) is 0 Å². The monoisotopic (exact) mass is 363 g/mol. The van der Waals surface area contributed by atoms with Gasteiger partial charge in [-0.15, -0.1) is 0 Å². The number of ether oxygens (including phenoxy) is 1. The van der Waals surface area contributed by atoms with Gasteiger partial charge < -0.3 is 14.0 Å². The van der Waals surface area contributed by atoms with Crippen molar-refractivity contribution in [2.75, 3.05) is 6.61 Å². The summed E-state index contributed by atoms with van der Waals surface area (Å²) in [6.07, 6.45) is 6.51. The molecule has 6 nitrogen and oxygen atoms in total. The van der Waals surface area contributed by atoms with Crippen LogP contribution in [-0.4, -0.2) is 39.7 Å². The van der Waals surface area contributed by atoms with Crippen molar-refractivity contribution < 1.29 is 14.0 Å². The summed E-state index contributed by atoms with van der Waals surface area (Å²) in [7, 11) is -0.548. The maximum atomic E-state index is 6.47. The average molecular weight is 364 g/mol. The number of aromatic nitrogens is 3. The molecule has 2 saturated heterocycles. The Morgan fingerprint density at radius 1 is 1.16 bits per heavy atom. The van der Waals surface area contributed by atoms with Crippen LogP contribution in [0.4, 0.5) is 0 Å². The standard InChI is InChI=1S/C17H23BClN3O3/c1-16(2)17(3,4)25-18(24-16)14-11-9-21-22(13-7-5-6-8-23-13)15(11)20-10-12(14)19/h9-10,13H,5-8H2,1-4H3. The quantitative estimate of drug-likeness (QED) is 0.767. The van der Waals surface area contributed by atoms with Crippen molar-refractivity contribution in [3.8, 4) is 0 Å². The Labute approximate surface area is 152 Å². The third-order valence-electron chi connectivity index (χ3n) is 5.53. The van der Waals surface area contributed by atoms with Gasteiger partial charge in [0.2, 0.25) is 0 Å². The molecular formula is C17H23BClN3O3. The summed E-state index contributed by atoms with van der Waals surface area (Å²) in [5.74, 6) is 0. The third kappa shape index (κ3) is 2.77. The van der Waals surface area contributed by atoms with Gasteiger partial charge in [-0.1, -0.05) is 11.6 Å². The van der Waals surface area contributed by atoms with Gasteiger partial charge in [0.25, 0.3) is 0 Å². The van der Waals surface area contributed by atoms with Gasteiger partial charge in [-0.25, -0.2) is 9.67 Å². The summed E-state index contributed by atoms with van der Waals surface area (Å²) in [6.45, 7) is 8.86. The topological polar surface area (TPSA) is 58.4 Å². The van der Waals surface area contributed by atoms with Crippen LogP contribution in [0.2, 0.25) is 5.02 Å². The van der Waals surface area contributed by atoms with E-state index in [4.69, 9.17) is 25.6 Å². The zero-order valence-electron chi connectivity index (χ0n) is 15.1. The van der Waals surface area contributed by atoms with E-state index in [1.54, 1.807) is 12.4 Å². The van der Waals surface area contributed by atoms with Gasteiger partial charge in [-0.05, 0) is 47.0 Å². The summed E-state index contributed by atoms with van der Waals surface area (Å²) >= 11 is 6.47. The van der Waals surface area contributed by atoms with Crippen LogP contribution in [0, 0.1) is 0 Å². The van der Waals surface area contributed by atoms with Gasteiger partial charge in [0.05, 0.1) is 22.4 Å². The molecule has 1 atom stereocenters. The predicted octanol–water partition coefficient (Wildman–Crippen LogP) is 3.08. The van der Waals surface area contributed by atoms with Crippen LogP contribution in [0.3, 0.4) is 0 Å². The highest BCUT2D eigenvalue weighted by atomic mass is 35.5. The second-order valence-corrected chi connectivity index (χ2v) is 8.16. The van der Waals surface area contributed by atoms with Gasteiger partial charge >= 0.3 is 7.12 Å². The van der Waals surface area contributed by atoms with E-state index >= 15 is 0 Å². The maximum absolute atomic E-state index is 6.47. The van der Waals surface area contributed by atoms with Crippen molar-refractivity contribution in [3.05, 3.63) is 17.4 Å². The molecule has 0 amide bonds. The lowest BCUT2D eigenvalue weighted by Gasteiger charge is -2.32. The first kappa shape index (κ1) is 17.3. The molecule has 134 valence electrons. The van der Waals surface area contributed by atoms with Gasteiger partial charge in [0.1, 0.15) is 0 Å². The van der Waals surface area contributed by atoms with Gasteiger partial charge in [-0.3, -0.25) is 0 Å². The lowest BCUT2D eigenvalue weighted by atomic mass is 9.78. The van der Waals surface area contributed by atoms with Crippen LogP contribution in [0.15, 0.2) is 12.4 Å². The molecule has 8 heteroatoms. The number of halogens is 1. The Kier molecular flexibility index (Phi) is 4.11. The minimum absolute atomic E-state index is 0.0777. The minimum atomic E-state index is -0.548. The molecule has 0 aliphatic carbocycles. The molecule has 0 spiro atoms. The maximum Gasteiger partial charge on any atom is 0.497 e. The van der Waals surface area contributed by atoms with Gasteiger partial charge in [0.15, 0.2) is 11.9 Å². The van der Waals surface area contributed by atoms with Crippen molar-refractivity contribution in [1.29, 1.82) is 0 Å². The predicted molar refractivity (Wildman–Crippen MR) is 97.1 cm³/mol. The smallest absolute Gasteiger partial charge is 0.399 e. The zero-order chi connectivity index (χ0) is 17.8. The molecule has 4 heterocycles. The number of fused-ring (bicyclic) bond motifs is 1. The zero-order valence-corrected chi connectivity index (χ0v) is 15.8. The number of hydrogen-bond acceptors (Lipinski definition) is 5. The van der Waals surface area contributed by atoms with Crippen molar-refractivity contribution in [2.24, 2.45) is 0 Å². The molecule has 2 aliphatic heterocycles. The largest absolute Gasteiger partial charge is 0.497 e. The fourth-order valence-electron chi connectivity index (χ4n) is 3.32. The highest BCUT2D eigenvalue weighted by molar-refractivity contribution is 6.68. The van der Waals surface area contributed by atoms with E-state index < -0.39 is 18.3 Å². The fourth-order valence-corrected chi connectivity index (χ4v) is 3.56. The molecule has 2 aromatic rings. The Bertz CT molecular complexity index is 786. The van der Waals surface area contributed by atoms with Crippen LogP contribution in [0.25, 0.3) is 11.0 Å². The molecule has 0 saturated carbocycles. The van der Waals surface area contributed by atoms with Crippen LogP contribution in [-0.2, 0) is 14.0 Å². The lowest BCUT2D eigenvalue weighted by Crippen LogP contribution is -2.41. The number of nitrogens with zero attached hydrogens (tertiary/aromatic N) is 3. The molecule has 0 N–H and O–H groups in total. The van der Waals surface area contributed by atoms with Crippen LogP contribution < -0.4 is 5.46 Å². The highest BCUT2D eigenvalue weighted by Gasteiger charge is 2.52. The minimum Gasteiger partial charge on any atom is -0.399 e. The molecular weight excluding hydrogens is 340 g/mol. The molecule has 4 rings (SSSR count). The van der Waals surface area contributed by atoms with Gasteiger partial charge in [-0.2, -0.15) is 5.10 Å². The molecule has 0 aromatic carbocycles. The van der Waals surface area contributed by atoms with E-state index in [2.05, 4.69) is 10.1 Å². The molecule has 2 fully saturated rings. The summed E-state index contributed by atoms with van der Waals surface area (Å²) in [6, 6.07) is 0. The molecule has 25 heavy (non-hydrogen) atoms. The lowest BCUT2D eigenvalue weighted by molar-refractivity contribution is -0.0370. The Morgan fingerprint density at radius 2 is 1.88 bits per heavy atom. The summed E-state index contributed by atoms with van der Waals surface area (Å²) in [5.41, 5.74) is 0.673. The number of pyridine rings is 1. The van der Waals surface area contributed by atoms with Crippen molar-refractivity contribution in [1.82, 2.24) is 14.8 Å². The first-order valence-corrected chi connectivity index (χ1v) is 9.17. The van der Waals surface area contributed by atoms with Crippen molar-refractivity contribution in [2.45, 2.75) is 64.4 Å². The normalized spacial score (nSPS) is 25.6. The SMILES string of the molecule is CC1(C)OB(c2c(Cl)cnc3c2cnn3C2CCCCO2)OC1(C)C. The highest BCUT2D eigenvalue weighted by Crippen LogP contribution is 2.37. The molecule has 0 bridgehead atoms. The van der Waals surface area contributed by atoms with Crippen molar-refractivity contribution in [3.63, 3.8) is 0 Å². The molecule has 2 aliphatic rings. The van der Waals surface area contributed by atoms with E-state index in [0.29, 0.717) is 5.02 Å². The molecule has 2 aromatic heterocycles. The van der Waals surface area contributed by atoms with Crippen molar-refractivity contribution >= 4 is 35.2 Å². The molecule has 0 radical (unpaired) electrons.